The summed E-state index contributed by atoms with van der Waals surface area (Å²) in [4.78, 5) is 8.14. The first-order valence-corrected chi connectivity index (χ1v) is 4.97. The molecule has 0 amide bonds. The van der Waals surface area contributed by atoms with Gasteiger partial charge >= 0.3 is 0 Å². The molecule has 0 saturated heterocycles. The van der Waals surface area contributed by atoms with E-state index in [4.69, 9.17) is 5.73 Å². The summed E-state index contributed by atoms with van der Waals surface area (Å²) >= 11 is 0. The number of aromatic nitrogens is 2. The van der Waals surface area contributed by atoms with E-state index < -0.39 is 0 Å². The zero-order valence-electron chi connectivity index (χ0n) is 8.71. The Bertz CT molecular complexity index is 450. The fourth-order valence-electron chi connectivity index (χ4n) is 1.28. The van der Waals surface area contributed by atoms with Gasteiger partial charge in [0.2, 0.25) is 6.39 Å². The highest BCUT2D eigenvalue weighted by molar-refractivity contribution is 5.97. The fraction of sp³-hybridized carbons (Fsp3) is 0.182. The number of benzene rings is 1. The second-order valence-electron chi connectivity index (χ2n) is 3.23. The van der Waals surface area contributed by atoms with E-state index in [1.165, 1.54) is 6.39 Å². The van der Waals surface area contributed by atoms with E-state index in [0.717, 1.165) is 5.56 Å². The van der Waals surface area contributed by atoms with Gasteiger partial charge in [-0.25, -0.2) is 0 Å². The molecular formula is C11H12N4O. The standard InChI is InChI=1S/C11H12N4O/c12-11(9-4-2-1-3-5-9)13-7-6-10-14-8-16-15-10/h1-5,8H,6-7H2,(H2,12,13). The molecular weight excluding hydrogens is 204 g/mol. The van der Waals surface area contributed by atoms with Gasteiger partial charge in [-0.3, -0.25) is 4.99 Å². The highest BCUT2D eigenvalue weighted by Crippen LogP contribution is 1.98. The molecule has 2 rings (SSSR count). The minimum Gasteiger partial charge on any atom is -0.384 e. The Morgan fingerprint density at radius 2 is 2.12 bits per heavy atom. The molecule has 0 fully saturated rings. The maximum Gasteiger partial charge on any atom is 0.213 e. The van der Waals surface area contributed by atoms with Gasteiger partial charge in [-0.05, 0) is 0 Å². The van der Waals surface area contributed by atoms with Gasteiger partial charge in [0.1, 0.15) is 5.84 Å². The average Bonchev–Trinajstić information content (AvgIpc) is 2.83. The van der Waals surface area contributed by atoms with Crippen LogP contribution in [0.1, 0.15) is 11.4 Å². The average molecular weight is 216 g/mol. The molecule has 1 heterocycles. The number of nitrogens with two attached hydrogens (primary N) is 1. The SMILES string of the molecule is NC(=NCCc1ncon1)c1ccccc1. The van der Waals surface area contributed by atoms with Crippen molar-refractivity contribution >= 4 is 5.84 Å². The quantitative estimate of drug-likeness (QED) is 0.611. The first-order valence-electron chi connectivity index (χ1n) is 4.97. The lowest BCUT2D eigenvalue weighted by molar-refractivity contribution is 0.410. The highest BCUT2D eigenvalue weighted by atomic mass is 16.5. The second kappa shape index (κ2) is 5.06. The Balaban J connectivity index is 1.93. The van der Waals surface area contributed by atoms with Gasteiger partial charge in [0.15, 0.2) is 5.82 Å². The van der Waals surface area contributed by atoms with Crippen LogP contribution in [0.5, 0.6) is 0 Å². The lowest BCUT2D eigenvalue weighted by atomic mass is 10.2. The van der Waals surface area contributed by atoms with Crippen molar-refractivity contribution in [3.8, 4) is 0 Å². The lowest BCUT2D eigenvalue weighted by Crippen LogP contribution is -2.14. The molecule has 5 nitrogen and oxygen atoms in total. The first kappa shape index (κ1) is 10.4. The molecule has 0 bridgehead atoms. The summed E-state index contributed by atoms with van der Waals surface area (Å²) in [6.07, 6.45) is 1.93. The van der Waals surface area contributed by atoms with E-state index in [1.54, 1.807) is 0 Å². The van der Waals surface area contributed by atoms with E-state index in [0.29, 0.717) is 24.6 Å². The van der Waals surface area contributed by atoms with Gasteiger partial charge in [0.25, 0.3) is 0 Å². The summed E-state index contributed by atoms with van der Waals surface area (Å²) in [5.74, 6) is 1.17. The Labute approximate surface area is 93.0 Å². The van der Waals surface area contributed by atoms with Crippen molar-refractivity contribution in [3.63, 3.8) is 0 Å². The second-order valence-corrected chi connectivity index (χ2v) is 3.23. The van der Waals surface area contributed by atoms with Crippen molar-refractivity contribution in [1.29, 1.82) is 0 Å². The monoisotopic (exact) mass is 216 g/mol. The molecule has 82 valence electrons. The predicted octanol–water partition coefficient (Wildman–Crippen LogP) is 1.02. The smallest absolute Gasteiger partial charge is 0.213 e. The van der Waals surface area contributed by atoms with E-state index in [9.17, 15) is 0 Å². The van der Waals surface area contributed by atoms with Crippen molar-refractivity contribution in [2.24, 2.45) is 10.7 Å². The third-order valence-electron chi connectivity index (χ3n) is 2.09. The molecule has 1 aromatic carbocycles. The van der Waals surface area contributed by atoms with Gasteiger partial charge < -0.3 is 10.3 Å². The van der Waals surface area contributed by atoms with Crippen molar-refractivity contribution in [1.82, 2.24) is 10.1 Å². The van der Waals surface area contributed by atoms with Crippen LogP contribution in [0, 0.1) is 0 Å². The van der Waals surface area contributed by atoms with Crippen LogP contribution in [0.4, 0.5) is 0 Å². The summed E-state index contributed by atoms with van der Waals surface area (Å²) in [6.45, 7) is 0.556. The first-order chi connectivity index (χ1) is 7.86. The molecule has 0 aliphatic carbocycles. The van der Waals surface area contributed by atoms with E-state index in [-0.39, 0.29) is 0 Å². The molecule has 0 unspecified atom stereocenters. The molecule has 0 saturated carbocycles. The molecule has 0 atom stereocenters. The van der Waals surface area contributed by atoms with Crippen LogP contribution in [0.2, 0.25) is 0 Å². The van der Waals surface area contributed by atoms with Gasteiger partial charge in [0, 0.05) is 18.5 Å². The summed E-state index contributed by atoms with van der Waals surface area (Å²) in [5.41, 5.74) is 6.75. The normalized spacial score (nSPS) is 11.6. The minimum absolute atomic E-state index is 0.532. The van der Waals surface area contributed by atoms with Crippen molar-refractivity contribution in [2.45, 2.75) is 6.42 Å². The van der Waals surface area contributed by atoms with Crippen LogP contribution >= 0.6 is 0 Å². The van der Waals surface area contributed by atoms with Crippen LogP contribution in [-0.2, 0) is 6.42 Å². The Morgan fingerprint density at radius 3 is 2.81 bits per heavy atom. The number of hydrogen-bond donors (Lipinski definition) is 1. The van der Waals surface area contributed by atoms with Crippen LogP contribution < -0.4 is 5.73 Å². The molecule has 16 heavy (non-hydrogen) atoms. The van der Waals surface area contributed by atoms with Crippen molar-refractivity contribution in [2.75, 3.05) is 6.54 Å². The minimum atomic E-state index is 0.532. The van der Waals surface area contributed by atoms with Crippen LogP contribution in [0.15, 0.2) is 46.2 Å². The highest BCUT2D eigenvalue weighted by Gasteiger charge is 1.98. The zero-order valence-corrected chi connectivity index (χ0v) is 8.71. The third kappa shape index (κ3) is 2.66. The maximum atomic E-state index is 5.82. The van der Waals surface area contributed by atoms with Crippen LogP contribution in [-0.4, -0.2) is 22.5 Å². The number of hydrogen-bond acceptors (Lipinski definition) is 4. The molecule has 1 aromatic heterocycles. The van der Waals surface area contributed by atoms with Gasteiger partial charge in [-0.15, -0.1) is 0 Å². The number of aliphatic imine (C=N–C) groups is 1. The van der Waals surface area contributed by atoms with Crippen molar-refractivity contribution < 1.29 is 4.52 Å². The van der Waals surface area contributed by atoms with Gasteiger partial charge in [-0.2, -0.15) is 4.98 Å². The Hall–Kier alpha value is -2.17. The summed E-state index contributed by atoms with van der Waals surface area (Å²) < 4.78 is 4.62. The number of nitrogens with zero attached hydrogens (tertiary/aromatic N) is 3. The largest absolute Gasteiger partial charge is 0.384 e. The van der Waals surface area contributed by atoms with Crippen LogP contribution in [0.3, 0.4) is 0 Å². The predicted molar refractivity (Wildman–Crippen MR) is 60.0 cm³/mol. The van der Waals surface area contributed by atoms with Crippen molar-refractivity contribution in [3.05, 3.63) is 48.1 Å². The summed E-state index contributed by atoms with van der Waals surface area (Å²) in [6, 6.07) is 9.64. The molecule has 0 radical (unpaired) electrons. The Morgan fingerprint density at radius 1 is 1.31 bits per heavy atom. The number of amidine groups is 1. The summed E-state index contributed by atoms with van der Waals surface area (Å²) in [5, 5.41) is 3.69. The molecule has 2 N–H and O–H groups in total. The molecule has 0 spiro atoms. The van der Waals surface area contributed by atoms with E-state index in [2.05, 4.69) is 19.7 Å². The molecule has 2 aromatic rings. The zero-order chi connectivity index (χ0) is 11.2. The van der Waals surface area contributed by atoms with Crippen LogP contribution in [0.25, 0.3) is 0 Å². The summed E-state index contributed by atoms with van der Waals surface area (Å²) in [7, 11) is 0. The maximum absolute atomic E-state index is 5.82. The Kier molecular flexibility index (Phi) is 3.28. The van der Waals surface area contributed by atoms with E-state index >= 15 is 0 Å². The molecule has 0 aliphatic rings. The lowest BCUT2D eigenvalue weighted by Gasteiger charge is -1.99. The molecule has 5 heteroatoms. The third-order valence-corrected chi connectivity index (χ3v) is 2.09. The topological polar surface area (TPSA) is 77.3 Å². The fourth-order valence-corrected chi connectivity index (χ4v) is 1.28. The molecule has 0 aliphatic heterocycles. The van der Waals surface area contributed by atoms with E-state index in [1.807, 2.05) is 30.3 Å². The number of rotatable bonds is 4. The van der Waals surface area contributed by atoms with Gasteiger partial charge in [0.05, 0.1) is 0 Å². The van der Waals surface area contributed by atoms with Gasteiger partial charge in [-0.1, -0.05) is 35.5 Å².